The molecule has 1 fully saturated rings. The van der Waals surface area contributed by atoms with Crippen molar-refractivity contribution in [2.24, 2.45) is 0 Å². The van der Waals surface area contributed by atoms with E-state index in [1.807, 2.05) is 0 Å². The zero-order valence-corrected chi connectivity index (χ0v) is 24.4. The highest BCUT2D eigenvalue weighted by molar-refractivity contribution is 5.98. The molecular weight excluding hydrogens is 584 g/mol. The summed E-state index contributed by atoms with van der Waals surface area (Å²) >= 11 is 0. The van der Waals surface area contributed by atoms with Gasteiger partial charge in [0.2, 0.25) is 5.88 Å². The van der Waals surface area contributed by atoms with Crippen molar-refractivity contribution in [2.45, 2.75) is 0 Å². The van der Waals surface area contributed by atoms with E-state index in [0.717, 1.165) is 6.07 Å². The van der Waals surface area contributed by atoms with Gasteiger partial charge in [0, 0.05) is 30.3 Å². The molecule has 0 unspecified atom stereocenters. The highest BCUT2D eigenvalue weighted by atomic mass is 16.6. The molecule has 0 aliphatic carbocycles. The van der Waals surface area contributed by atoms with E-state index in [1.54, 1.807) is 67.7 Å². The van der Waals surface area contributed by atoms with E-state index >= 15 is 0 Å². The van der Waals surface area contributed by atoms with Gasteiger partial charge in [-0.15, -0.1) is 0 Å². The van der Waals surface area contributed by atoms with Crippen LogP contribution in [0.15, 0.2) is 71.1 Å². The molecule has 4 aromatic rings. The SMILES string of the molecule is COc1ccc(-c2oc(NC(=O)COC(=O)c3ccc(N4CCOCC4)c([N+](=O)[O-])c3)c(C#N)c2-c2ccc(OC)cc2)cc1. The maximum absolute atomic E-state index is 12.9. The predicted octanol–water partition coefficient (Wildman–Crippen LogP) is 5.04. The van der Waals surface area contributed by atoms with E-state index < -0.39 is 23.4 Å². The molecule has 5 rings (SSSR count). The van der Waals surface area contributed by atoms with Crippen molar-refractivity contribution in [2.75, 3.05) is 57.3 Å². The Labute approximate surface area is 257 Å². The molecule has 1 aliphatic rings. The zero-order chi connectivity index (χ0) is 31.9. The lowest BCUT2D eigenvalue weighted by molar-refractivity contribution is -0.384. The Balaban J connectivity index is 1.36. The average Bonchev–Trinajstić information content (AvgIpc) is 3.45. The van der Waals surface area contributed by atoms with Crippen molar-refractivity contribution >= 4 is 29.1 Å². The lowest BCUT2D eigenvalue weighted by Gasteiger charge is -2.28. The predicted molar refractivity (Wildman–Crippen MR) is 162 cm³/mol. The fourth-order valence-electron chi connectivity index (χ4n) is 4.85. The standard InChI is InChI=1S/C32H28N4O9/c1-41-23-8-3-20(4-9-23)29-25(18-33)31(45-30(29)21-5-10-24(42-2)11-6-21)34-28(37)19-44-32(38)22-7-12-26(27(17-22)36(39)40)35-13-15-43-16-14-35/h3-12,17H,13-16,19H2,1-2H3,(H,34,37). The number of ether oxygens (including phenoxy) is 4. The number of amides is 1. The van der Waals surface area contributed by atoms with Gasteiger partial charge < -0.3 is 28.3 Å². The molecule has 0 spiro atoms. The first kappa shape index (κ1) is 30.6. The number of nitriles is 1. The Bertz CT molecular complexity index is 1750. The third-order valence-electron chi connectivity index (χ3n) is 7.10. The van der Waals surface area contributed by atoms with Crippen LogP contribution >= 0.6 is 0 Å². The highest BCUT2D eigenvalue weighted by Gasteiger charge is 2.26. The number of nitrogens with one attached hydrogen (secondary N) is 1. The quantitative estimate of drug-likeness (QED) is 0.145. The van der Waals surface area contributed by atoms with Gasteiger partial charge >= 0.3 is 5.97 Å². The van der Waals surface area contributed by atoms with Crippen LogP contribution in [-0.2, 0) is 14.3 Å². The zero-order valence-electron chi connectivity index (χ0n) is 24.4. The first-order valence-electron chi connectivity index (χ1n) is 13.8. The minimum atomic E-state index is -0.931. The molecule has 0 radical (unpaired) electrons. The van der Waals surface area contributed by atoms with Crippen LogP contribution in [-0.4, -0.2) is 63.9 Å². The summed E-state index contributed by atoms with van der Waals surface area (Å²) < 4.78 is 27.0. The van der Waals surface area contributed by atoms with Crippen molar-refractivity contribution in [1.82, 2.24) is 0 Å². The normalized spacial score (nSPS) is 12.6. The molecule has 0 atom stereocenters. The molecule has 13 nitrogen and oxygen atoms in total. The summed E-state index contributed by atoms with van der Waals surface area (Å²) in [6, 6.07) is 20.1. The molecule has 1 aromatic heterocycles. The molecule has 2 heterocycles. The fraction of sp³-hybridized carbons (Fsp3) is 0.219. The molecule has 1 aliphatic heterocycles. The third kappa shape index (κ3) is 6.71. The average molecular weight is 613 g/mol. The molecule has 13 heteroatoms. The maximum Gasteiger partial charge on any atom is 0.338 e. The summed E-state index contributed by atoms with van der Waals surface area (Å²) in [5.41, 5.74) is 1.75. The number of carbonyl (C=O) groups excluding carboxylic acids is 2. The Kier molecular flexibility index (Phi) is 9.26. The molecule has 0 saturated carbocycles. The van der Waals surface area contributed by atoms with Crippen LogP contribution in [0.5, 0.6) is 11.5 Å². The summed E-state index contributed by atoms with van der Waals surface area (Å²) in [6.45, 7) is 1.08. The maximum atomic E-state index is 12.9. The van der Waals surface area contributed by atoms with Crippen LogP contribution in [0.4, 0.5) is 17.3 Å². The first-order chi connectivity index (χ1) is 21.8. The second-order valence-electron chi connectivity index (χ2n) is 9.76. The van der Waals surface area contributed by atoms with Crippen molar-refractivity contribution in [3.8, 4) is 40.0 Å². The number of morpholine rings is 1. The number of rotatable bonds is 10. The highest BCUT2D eigenvalue weighted by Crippen LogP contribution is 2.42. The summed E-state index contributed by atoms with van der Waals surface area (Å²) in [6.07, 6.45) is 0. The number of nitro groups is 1. The number of hydrogen-bond donors (Lipinski definition) is 1. The molecule has 230 valence electrons. The Morgan fingerprint density at radius 1 is 0.978 bits per heavy atom. The summed E-state index contributed by atoms with van der Waals surface area (Å²) in [5, 5.41) is 24.4. The van der Waals surface area contributed by atoms with Gasteiger partial charge in [-0.05, 0) is 54.1 Å². The van der Waals surface area contributed by atoms with Gasteiger partial charge in [-0.1, -0.05) is 12.1 Å². The van der Waals surface area contributed by atoms with E-state index in [1.165, 1.54) is 12.1 Å². The minimum absolute atomic E-state index is 0.0555. The monoisotopic (exact) mass is 612 g/mol. The van der Waals surface area contributed by atoms with E-state index in [9.17, 15) is 25.0 Å². The number of anilines is 2. The number of nitro benzene ring substituents is 1. The number of benzene rings is 3. The molecule has 3 aromatic carbocycles. The van der Waals surface area contributed by atoms with Gasteiger partial charge in [-0.3, -0.25) is 20.2 Å². The van der Waals surface area contributed by atoms with Crippen molar-refractivity contribution in [1.29, 1.82) is 5.26 Å². The Morgan fingerprint density at radius 2 is 1.60 bits per heavy atom. The van der Waals surface area contributed by atoms with Crippen LogP contribution in [0.3, 0.4) is 0 Å². The van der Waals surface area contributed by atoms with Crippen LogP contribution in [0, 0.1) is 21.4 Å². The molecule has 1 N–H and O–H groups in total. The van der Waals surface area contributed by atoms with Crippen LogP contribution < -0.4 is 19.7 Å². The van der Waals surface area contributed by atoms with Gasteiger partial charge in [-0.25, -0.2) is 4.79 Å². The van der Waals surface area contributed by atoms with Crippen molar-refractivity contribution < 1.29 is 37.9 Å². The molecule has 1 saturated heterocycles. The summed E-state index contributed by atoms with van der Waals surface area (Å²) in [5.74, 6) is -0.299. The van der Waals surface area contributed by atoms with Gasteiger partial charge in [0.15, 0.2) is 6.61 Å². The fourth-order valence-corrected chi connectivity index (χ4v) is 4.85. The van der Waals surface area contributed by atoms with Crippen LogP contribution in [0.25, 0.3) is 22.5 Å². The van der Waals surface area contributed by atoms with Gasteiger partial charge in [-0.2, -0.15) is 5.26 Å². The third-order valence-corrected chi connectivity index (χ3v) is 7.10. The van der Waals surface area contributed by atoms with Gasteiger partial charge in [0.05, 0.1) is 37.9 Å². The number of carbonyl (C=O) groups is 2. The van der Waals surface area contributed by atoms with Crippen molar-refractivity contribution in [3.05, 3.63) is 88.0 Å². The van der Waals surface area contributed by atoms with Gasteiger partial charge in [0.25, 0.3) is 11.6 Å². The van der Waals surface area contributed by atoms with E-state index in [0.29, 0.717) is 65.9 Å². The lowest BCUT2D eigenvalue weighted by Crippen LogP contribution is -2.36. The smallest absolute Gasteiger partial charge is 0.338 e. The number of nitrogens with zero attached hydrogens (tertiary/aromatic N) is 3. The van der Waals surface area contributed by atoms with Crippen LogP contribution in [0.2, 0.25) is 0 Å². The van der Waals surface area contributed by atoms with Gasteiger partial charge in [0.1, 0.15) is 34.6 Å². The largest absolute Gasteiger partial charge is 0.497 e. The number of hydrogen-bond acceptors (Lipinski definition) is 11. The summed E-state index contributed by atoms with van der Waals surface area (Å²) in [4.78, 5) is 38.6. The number of esters is 1. The van der Waals surface area contributed by atoms with Crippen LogP contribution in [0.1, 0.15) is 15.9 Å². The molecule has 0 bridgehead atoms. The van der Waals surface area contributed by atoms with E-state index in [2.05, 4.69) is 11.4 Å². The molecule has 45 heavy (non-hydrogen) atoms. The number of methoxy groups -OCH3 is 2. The first-order valence-corrected chi connectivity index (χ1v) is 13.8. The van der Waals surface area contributed by atoms with E-state index in [-0.39, 0.29) is 22.7 Å². The second kappa shape index (κ2) is 13.6. The lowest BCUT2D eigenvalue weighted by atomic mass is 9.98. The molecular formula is C32H28N4O9. The second-order valence-corrected chi connectivity index (χ2v) is 9.76. The van der Waals surface area contributed by atoms with Crippen molar-refractivity contribution in [3.63, 3.8) is 0 Å². The topological polar surface area (TPSA) is 166 Å². The summed E-state index contributed by atoms with van der Waals surface area (Å²) in [7, 11) is 3.08. The molecule has 1 amide bonds. The Morgan fingerprint density at radius 3 is 2.18 bits per heavy atom. The van der Waals surface area contributed by atoms with E-state index in [4.69, 9.17) is 23.4 Å². The number of furan rings is 1. The minimum Gasteiger partial charge on any atom is -0.497 e. The Hall–Kier alpha value is -5.87.